The lowest BCUT2D eigenvalue weighted by molar-refractivity contribution is -0.383. The van der Waals surface area contributed by atoms with Crippen LogP contribution in [-0.4, -0.2) is 17.0 Å². The van der Waals surface area contributed by atoms with Crippen molar-refractivity contribution in [2.24, 2.45) is 0 Å². The maximum Gasteiger partial charge on any atom is 0.292 e. The van der Waals surface area contributed by atoms with Crippen molar-refractivity contribution in [3.63, 3.8) is 0 Å². The predicted molar refractivity (Wildman–Crippen MR) is 78.6 cm³/mol. The van der Waals surface area contributed by atoms with Crippen molar-refractivity contribution in [1.82, 2.24) is 4.98 Å². The van der Waals surface area contributed by atoms with Crippen LogP contribution in [0, 0.1) is 17.0 Å². The topological polar surface area (TPSA) is 85.3 Å². The van der Waals surface area contributed by atoms with Gasteiger partial charge in [0.2, 0.25) is 0 Å². The second-order valence-electron chi connectivity index (χ2n) is 4.63. The number of nitro benzene ring substituents is 1. The summed E-state index contributed by atoms with van der Waals surface area (Å²) in [5.74, 6) is 0. The van der Waals surface area contributed by atoms with Crippen LogP contribution in [0.15, 0.2) is 36.4 Å². The fourth-order valence-electron chi connectivity index (χ4n) is 1.97. The summed E-state index contributed by atoms with van der Waals surface area (Å²) in [6.45, 7) is 2.55. The van der Waals surface area contributed by atoms with Gasteiger partial charge in [-0.1, -0.05) is 6.07 Å². The van der Waals surface area contributed by atoms with Gasteiger partial charge in [-0.15, -0.1) is 0 Å². The van der Waals surface area contributed by atoms with Gasteiger partial charge in [0.15, 0.2) is 0 Å². The second kappa shape index (κ2) is 5.56. The van der Waals surface area contributed by atoms with Gasteiger partial charge >= 0.3 is 0 Å². The van der Waals surface area contributed by atoms with Crippen molar-refractivity contribution < 1.29 is 4.92 Å². The van der Waals surface area contributed by atoms with Gasteiger partial charge < -0.3 is 10.6 Å². The van der Waals surface area contributed by atoms with Crippen molar-refractivity contribution in [2.45, 2.75) is 13.5 Å². The number of anilines is 2. The van der Waals surface area contributed by atoms with Gasteiger partial charge in [-0.05, 0) is 31.2 Å². The summed E-state index contributed by atoms with van der Waals surface area (Å²) >= 11 is 0. The third-order valence-electron chi connectivity index (χ3n) is 2.99. The maximum absolute atomic E-state index is 10.7. The molecule has 2 aromatic rings. The van der Waals surface area contributed by atoms with Crippen molar-refractivity contribution in [2.75, 3.05) is 17.7 Å². The summed E-state index contributed by atoms with van der Waals surface area (Å²) in [5, 5.41) is 10.7. The first-order valence-corrected chi connectivity index (χ1v) is 6.15. The first-order chi connectivity index (χ1) is 9.47. The highest BCUT2D eigenvalue weighted by molar-refractivity contribution is 5.66. The van der Waals surface area contributed by atoms with E-state index in [9.17, 15) is 10.1 Å². The molecule has 0 fully saturated rings. The Bertz CT molecular complexity index is 643. The Morgan fingerprint density at radius 3 is 2.70 bits per heavy atom. The van der Waals surface area contributed by atoms with Gasteiger partial charge in [0.05, 0.1) is 17.2 Å². The summed E-state index contributed by atoms with van der Waals surface area (Å²) < 4.78 is 0. The van der Waals surface area contributed by atoms with Gasteiger partial charge in [0.25, 0.3) is 5.69 Å². The first-order valence-electron chi connectivity index (χ1n) is 6.15. The molecular weight excluding hydrogens is 256 g/mol. The van der Waals surface area contributed by atoms with E-state index in [1.165, 1.54) is 6.07 Å². The number of nitrogen functional groups attached to an aromatic ring is 1. The van der Waals surface area contributed by atoms with E-state index in [2.05, 4.69) is 4.98 Å². The second-order valence-corrected chi connectivity index (χ2v) is 4.63. The van der Waals surface area contributed by atoms with Crippen LogP contribution in [0.25, 0.3) is 0 Å². The lowest BCUT2D eigenvalue weighted by atomic mass is 10.2. The average molecular weight is 272 g/mol. The van der Waals surface area contributed by atoms with Crippen LogP contribution < -0.4 is 10.6 Å². The van der Waals surface area contributed by atoms with E-state index >= 15 is 0 Å². The molecule has 6 nitrogen and oxygen atoms in total. The SMILES string of the molecule is Cc1cccc(CN(C)c2ccc([N+](=O)[O-])c(N)c2)n1. The zero-order valence-electron chi connectivity index (χ0n) is 11.4. The molecule has 0 unspecified atom stereocenters. The molecular formula is C14H16N4O2. The number of nitrogens with two attached hydrogens (primary N) is 1. The smallest absolute Gasteiger partial charge is 0.292 e. The number of aryl methyl sites for hydroxylation is 1. The third-order valence-corrected chi connectivity index (χ3v) is 2.99. The van der Waals surface area contributed by atoms with E-state index in [0.29, 0.717) is 6.54 Å². The van der Waals surface area contributed by atoms with Crippen molar-refractivity contribution in [3.8, 4) is 0 Å². The monoisotopic (exact) mass is 272 g/mol. The van der Waals surface area contributed by atoms with Crippen LogP contribution in [0.2, 0.25) is 0 Å². The van der Waals surface area contributed by atoms with E-state index in [1.807, 2.05) is 37.1 Å². The molecule has 2 rings (SSSR count). The highest BCUT2D eigenvalue weighted by Gasteiger charge is 2.13. The number of rotatable bonds is 4. The molecule has 0 bridgehead atoms. The zero-order chi connectivity index (χ0) is 14.7. The Balaban J connectivity index is 2.19. The van der Waals surface area contributed by atoms with Crippen LogP contribution >= 0.6 is 0 Å². The Labute approximate surface area is 117 Å². The molecule has 0 aliphatic rings. The standard InChI is InChI=1S/C14H16N4O2/c1-10-4-3-5-11(16-10)9-17(2)12-6-7-14(18(19)20)13(15)8-12/h3-8H,9,15H2,1-2H3. The fourth-order valence-corrected chi connectivity index (χ4v) is 1.97. The fraction of sp³-hybridized carbons (Fsp3) is 0.214. The van der Waals surface area contributed by atoms with Crippen LogP contribution in [0.1, 0.15) is 11.4 Å². The Morgan fingerprint density at radius 2 is 2.10 bits per heavy atom. The first kappa shape index (κ1) is 13.8. The number of aromatic nitrogens is 1. The van der Waals surface area contributed by atoms with Crippen molar-refractivity contribution in [1.29, 1.82) is 0 Å². The molecule has 0 atom stereocenters. The normalized spacial score (nSPS) is 10.3. The number of nitrogens with zero attached hydrogens (tertiary/aromatic N) is 3. The minimum atomic E-state index is -0.485. The Morgan fingerprint density at radius 1 is 1.35 bits per heavy atom. The van der Waals surface area contributed by atoms with Gasteiger partial charge in [0, 0.05) is 24.5 Å². The van der Waals surface area contributed by atoms with Crippen molar-refractivity contribution >= 4 is 17.1 Å². The van der Waals surface area contributed by atoms with E-state index in [4.69, 9.17) is 5.73 Å². The van der Waals surface area contributed by atoms with Crippen LogP contribution in [0.5, 0.6) is 0 Å². The van der Waals surface area contributed by atoms with E-state index in [1.54, 1.807) is 12.1 Å². The number of hydrogen-bond donors (Lipinski definition) is 1. The molecule has 1 aromatic carbocycles. The van der Waals surface area contributed by atoms with E-state index in [-0.39, 0.29) is 11.4 Å². The maximum atomic E-state index is 10.7. The lowest BCUT2D eigenvalue weighted by Crippen LogP contribution is -2.17. The molecule has 104 valence electrons. The molecule has 0 amide bonds. The molecule has 6 heteroatoms. The van der Waals surface area contributed by atoms with Gasteiger partial charge in [0.1, 0.15) is 5.69 Å². The summed E-state index contributed by atoms with van der Waals surface area (Å²) in [6.07, 6.45) is 0. The highest BCUT2D eigenvalue weighted by Crippen LogP contribution is 2.26. The molecule has 0 spiro atoms. The van der Waals surface area contributed by atoms with Crippen LogP contribution in [0.4, 0.5) is 17.1 Å². The lowest BCUT2D eigenvalue weighted by Gasteiger charge is -2.19. The Hall–Kier alpha value is -2.63. The van der Waals surface area contributed by atoms with Crippen molar-refractivity contribution in [3.05, 3.63) is 57.9 Å². The number of hydrogen-bond acceptors (Lipinski definition) is 5. The van der Waals surface area contributed by atoms with Gasteiger partial charge in [-0.25, -0.2) is 0 Å². The quantitative estimate of drug-likeness (QED) is 0.525. The number of nitro groups is 1. The predicted octanol–water partition coefficient (Wildman–Crippen LogP) is 2.52. The van der Waals surface area contributed by atoms with Gasteiger partial charge in [-0.2, -0.15) is 0 Å². The summed E-state index contributed by atoms with van der Waals surface area (Å²) in [5.41, 5.74) is 8.49. The zero-order valence-corrected chi connectivity index (χ0v) is 11.4. The minimum absolute atomic E-state index is 0.0733. The molecule has 0 aliphatic heterocycles. The molecule has 1 heterocycles. The average Bonchev–Trinajstić information content (AvgIpc) is 2.38. The highest BCUT2D eigenvalue weighted by atomic mass is 16.6. The van der Waals surface area contributed by atoms with E-state index < -0.39 is 4.92 Å². The molecule has 20 heavy (non-hydrogen) atoms. The number of benzene rings is 1. The van der Waals surface area contributed by atoms with Crippen LogP contribution in [0.3, 0.4) is 0 Å². The van der Waals surface area contributed by atoms with E-state index in [0.717, 1.165) is 17.1 Å². The summed E-state index contributed by atoms with van der Waals surface area (Å²) in [7, 11) is 1.89. The molecule has 0 radical (unpaired) electrons. The molecule has 0 saturated heterocycles. The molecule has 0 saturated carbocycles. The van der Waals surface area contributed by atoms with Crippen LogP contribution in [-0.2, 0) is 6.54 Å². The summed E-state index contributed by atoms with van der Waals surface area (Å²) in [4.78, 5) is 16.6. The van der Waals surface area contributed by atoms with Gasteiger partial charge in [-0.3, -0.25) is 15.1 Å². The molecule has 0 aliphatic carbocycles. The summed E-state index contributed by atoms with van der Waals surface area (Å²) in [6, 6.07) is 10.5. The third kappa shape index (κ3) is 3.03. The molecule has 2 N–H and O–H groups in total. The Kier molecular flexibility index (Phi) is 3.84. The minimum Gasteiger partial charge on any atom is -0.393 e. The molecule has 1 aromatic heterocycles. The number of pyridine rings is 1. The largest absolute Gasteiger partial charge is 0.393 e.